The zero-order valence-electron chi connectivity index (χ0n) is 30.0. The van der Waals surface area contributed by atoms with Crippen LogP contribution in [0.15, 0.2) is 182 Å². The molecule has 4 nitrogen and oxygen atoms in total. The normalized spacial score (nSPS) is 11.9. The third kappa shape index (κ3) is 4.75. The van der Waals surface area contributed by atoms with Gasteiger partial charge in [0.2, 0.25) is 0 Å². The van der Waals surface area contributed by atoms with Crippen LogP contribution in [0.2, 0.25) is 0 Å². The van der Waals surface area contributed by atoms with E-state index >= 15 is 0 Å². The van der Waals surface area contributed by atoms with Crippen molar-refractivity contribution in [3.8, 4) is 39.9 Å². The van der Waals surface area contributed by atoms with Gasteiger partial charge in [-0.15, -0.1) is 11.3 Å². The molecule has 0 saturated carbocycles. The molecule has 12 aromatic rings. The minimum atomic E-state index is 0.644. The van der Waals surface area contributed by atoms with Gasteiger partial charge in [-0.1, -0.05) is 133 Å². The first-order valence-electron chi connectivity index (χ1n) is 18.9. The third-order valence-electron chi connectivity index (χ3n) is 11.2. The summed E-state index contributed by atoms with van der Waals surface area (Å²) in [6, 6.07) is 64.9. The fourth-order valence-corrected chi connectivity index (χ4v) is 9.89. The zero-order valence-corrected chi connectivity index (χ0v) is 30.8. The van der Waals surface area contributed by atoms with Crippen molar-refractivity contribution in [3.05, 3.63) is 182 Å². The van der Waals surface area contributed by atoms with Crippen LogP contribution in [-0.2, 0) is 0 Å². The van der Waals surface area contributed by atoms with Crippen LogP contribution in [-0.4, -0.2) is 19.5 Å². The van der Waals surface area contributed by atoms with Gasteiger partial charge in [-0.05, 0) is 75.5 Å². The number of aromatic nitrogens is 4. The molecule has 56 heavy (non-hydrogen) atoms. The van der Waals surface area contributed by atoms with Gasteiger partial charge in [0.25, 0.3) is 0 Å². The lowest BCUT2D eigenvalue weighted by Gasteiger charge is -2.11. The molecule has 0 spiro atoms. The Kier molecular flexibility index (Phi) is 6.76. The van der Waals surface area contributed by atoms with E-state index in [9.17, 15) is 0 Å². The first kappa shape index (κ1) is 31.2. The molecule has 0 N–H and O–H groups in total. The van der Waals surface area contributed by atoms with Gasteiger partial charge in [0.15, 0.2) is 17.5 Å². The first-order valence-corrected chi connectivity index (χ1v) is 19.7. The number of hydrogen-bond donors (Lipinski definition) is 0. The molecular weight excluding hydrogens is 701 g/mol. The summed E-state index contributed by atoms with van der Waals surface area (Å²) in [7, 11) is 0. The fourth-order valence-electron chi connectivity index (χ4n) is 8.60. The maximum absolute atomic E-state index is 5.27. The summed E-state index contributed by atoms with van der Waals surface area (Å²) in [5.41, 5.74) is 6.31. The van der Waals surface area contributed by atoms with Crippen molar-refractivity contribution in [2.75, 3.05) is 0 Å². The molecule has 3 heterocycles. The molecule has 0 atom stereocenters. The Balaban J connectivity index is 1.08. The third-order valence-corrected chi connectivity index (χ3v) is 12.4. The van der Waals surface area contributed by atoms with Gasteiger partial charge in [-0.25, -0.2) is 15.0 Å². The molecule has 0 saturated heterocycles. The van der Waals surface area contributed by atoms with Crippen LogP contribution in [0.5, 0.6) is 0 Å². The lowest BCUT2D eigenvalue weighted by atomic mass is 9.98. The lowest BCUT2D eigenvalue weighted by Crippen LogP contribution is -2.00. The second-order valence-electron chi connectivity index (χ2n) is 14.4. The highest BCUT2D eigenvalue weighted by Crippen LogP contribution is 2.44. The molecular formula is C51H30N4S. The van der Waals surface area contributed by atoms with E-state index in [1.807, 2.05) is 29.5 Å². The van der Waals surface area contributed by atoms with Crippen molar-refractivity contribution < 1.29 is 0 Å². The fraction of sp³-hybridized carbons (Fsp3) is 0. The maximum Gasteiger partial charge on any atom is 0.164 e. The van der Waals surface area contributed by atoms with Gasteiger partial charge in [-0.3, -0.25) is 0 Å². The topological polar surface area (TPSA) is 43.6 Å². The Morgan fingerprint density at radius 2 is 1.05 bits per heavy atom. The second-order valence-corrected chi connectivity index (χ2v) is 15.4. The van der Waals surface area contributed by atoms with E-state index in [1.165, 1.54) is 47.1 Å². The van der Waals surface area contributed by atoms with Gasteiger partial charge in [0.05, 0.1) is 11.0 Å². The van der Waals surface area contributed by atoms with Gasteiger partial charge in [0.1, 0.15) is 0 Å². The van der Waals surface area contributed by atoms with Crippen LogP contribution in [0.3, 0.4) is 0 Å². The number of hydrogen-bond acceptors (Lipinski definition) is 4. The molecule has 0 aliphatic carbocycles. The molecule has 260 valence electrons. The van der Waals surface area contributed by atoms with Crippen molar-refractivity contribution in [1.29, 1.82) is 0 Å². The van der Waals surface area contributed by atoms with Gasteiger partial charge >= 0.3 is 0 Å². The second kappa shape index (κ2) is 12.2. The average molecular weight is 731 g/mol. The van der Waals surface area contributed by atoms with Crippen molar-refractivity contribution in [2.45, 2.75) is 0 Å². The molecule has 0 radical (unpaired) electrons. The molecule has 0 aliphatic rings. The van der Waals surface area contributed by atoms with Gasteiger partial charge < -0.3 is 4.57 Å². The Morgan fingerprint density at radius 3 is 1.93 bits per heavy atom. The quantitative estimate of drug-likeness (QED) is 0.169. The molecule has 3 aromatic heterocycles. The molecule has 0 amide bonds. The summed E-state index contributed by atoms with van der Waals surface area (Å²) in [5, 5.41) is 12.3. The highest BCUT2D eigenvalue weighted by Gasteiger charge is 2.19. The van der Waals surface area contributed by atoms with E-state index in [4.69, 9.17) is 15.0 Å². The summed E-state index contributed by atoms with van der Waals surface area (Å²) in [6.07, 6.45) is 0. The van der Waals surface area contributed by atoms with E-state index in [0.717, 1.165) is 49.6 Å². The molecule has 5 heteroatoms. The smallest absolute Gasteiger partial charge is 0.164 e. The number of para-hydroxylation sites is 2. The highest BCUT2D eigenvalue weighted by atomic mass is 32.1. The van der Waals surface area contributed by atoms with E-state index in [0.29, 0.717) is 17.5 Å². The Morgan fingerprint density at radius 1 is 0.375 bits per heavy atom. The van der Waals surface area contributed by atoms with Crippen LogP contribution in [0.1, 0.15) is 0 Å². The van der Waals surface area contributed by atoms with Gasteiger partial charge in [-0.2, -0.15) is 0 Å². The van der Waals surface area contributed by atoms with Crippen LogP contribution in [0.25, 0.3) is 114 Å². The van der Waals surface area contributed by atoms with E-state index in [2.05, 4.69) is 168 Å². The zero-order chi connectivity index (χ0) is 36.7. The average Bonchev–Trinajstić information content (AvgIpc) is 3.80. The van der Waals surface area contributed by atoms with Gasteiger partial charge in [0, 0.05) is 58.7 Å². The number of benzene rings is 9. The number of rotatable bonds is 4. The highest BCUT2D eigenvalue weighted by molar-refractivity contribution is 7.26. The molecule has 0 fully saturated rings. The molecule has 0 unspecified atom stereocenters. The van der Waals surface area contributed by atoms with Crippen molar-refractivity contribution in [1.82, 2.24) is 19.5 Å². The SMILES string of the molecule is c1ccc(-c2nc(-c3ccc4c(c3)c3ccccc3n4-c3ccccc3)nc(-c3cccc4cc5c(cc34)sc3c5ccc4ccc5ccccc5c43)n2)cc1. The Hall–Kier alpha value is -7.21. The van der Waals surface area contributed by atoms with Crippen molar-refractivity contribution >= 4 is 85.6 Å². The van der Waals surface area contributed by atoms with Crippen molar-refractivity contribution in [3.63, 3.8) is 0 Å². The van der Waals surface area contributed by atoms with Crippen LogP contribution < -0.4 is 0 Å². The minimum Gasteiger partial charge on any atom is -0.309 e. The lowest BCUT2D eigenvalue weighted by molar-refractivity contribution is 1.08. The van der Waals surface area contributed by atoms with Crippen LogP contribution in [0.4, 0.5) is 0 Å². The predicted octanol–water partition coefficient (Wildman–Crippen LogP) is 13.8. The number of thiophene rings is 1. The predicted molar refractivity (Wildman–Crippen MR) is 236 cm³/mol. The number of fused-ring (bicyclic) bond motifs is 11. The standard InChI is InChI=1S/C51H30N4S/c1-3-13-33(14-4-1)49-52-50(35-25-27-45-42(29-35)38-19-9-10-21-44(38)55(45)36-16-5-2-6-17-36)54-51(53-49)40-20-11-15-34-28-43-39-26-24-32-23-22-31-12-7-8-18-37(31)47(32)48(39)56-46(43)30-41(34)40/h1-30H. The van der Waals surface area contributed by atoms with Crippen LogP contribution in [0, 0.1) is 0 Å². The summed E-state index contributed by atoms with van der Waals surface area (Å²) in [4.78, 5) is 15.6. The van der Waals surface area contributed by atoms with E-state index in [-0.39, 0.29) is 0 Å². The minimum absolute atomic E-state index is 0.644. The summed E-state index contributed by atoms with van der Waals surface area (Å²) in [6.45, 7) is 0. The van der Waals surface area contributed by atoms with Crippen LogP contribution >= 0.6 is 11.3 Å². The molecule has 0 aliphatic heterocycles. The Labute approximate surface area is 325 Å². The molecule has 0 bridgehead atoms. The first-order chi connectivity index (χ1) is 27.7. The summed E-state index contributed by atoms with van der Waals surface area (Å²) < 4.78 is 4.90. The molecule has 12 rings (SSSR count). The van der Waals surface area contributed by atoms with E-state index < -0.39 is 0 Å². The maximum atomic E-state index is 5.27. The monoisotopic (exact) mass is 730 g/mol. The Bertz CT molecular complexity index is 3530. The largest absolute Gasteiger partial charge is 0.309 e. The summed E-state index contributed by atoms with van der Waals surface area (Å²) in [5.74, 6) is 1.95. The number of nitrogens with zero attached hydrogens (tertiary/aromatic N) is 4. The molecule has 9 aromatic carbocycles. The summed E-state index contributed by atoms with van der Waals surface area (Å²) >= 11 is 1.87. The van der Waals surface area contributed by atoms with E-state index in [1.54, 1.807) is 0 Å². The van der Waals surface area contributed by atoms with Crippen molar-refractivity contribution in [2.24, 2.45) is 0 Å².